The van der Waals surface area contributed by atoms with Gasteiger partial charge in [0.25, 0.3) is 11.7 Å². The van der Waals surface area contributed by atoms with Gasteiger partial charge in [0, 0.05) is 31.7 Å². The van der Waals surface area contributed by atoms with Gasteiger partial charge in [-0.25, -0.2) is 0 Å². The van der Waals surface area contributed by atoms with Crippen LogP contribution in [0.15, 0.2) is 40.3 Å². The highest BCUT2D eigenvalue weighted by Gasteiger charge is 2.47. The van der Waals surface area contributed by atoms with Gasteiger partial charge in [0.1, 0.15) is 36.5 Å². The molecule has 3 aliphatic heterocycles. The largest absolute Gasteiger partial charge is 0.507 e. The summed E-state index contributed by atoms with van der Waals surface area (Å²) >= 11 is 0. The lowest BCUT2D eigenvalue weighted by molar-refractivity contribution is -0.140. The maximum absolute atomic E-state index is 13.1. The molecule has 1 amide bonds. The van der Waals surface area contributed by atoms with Crippen molar-refractivity contribution in [3.8, 4) is 11.5 Å². The zero-order chi connectivity index (χ0) is 22.9. The van der Waals surface area contributed by atoms with Crippen LogP contribution in [0.25, 0.3) is 5.76 Å². The third-order valence-corrected chi connectivity index (χ3v) is 6.15. The zero-order valence-electron chi connectivity index (χ0n) is 18.4. The van der Waals surface area contributed by atoms with Crippen LogP contribution >= 0.6 is 0 Å². The molecule has 9 nitrogen and oxygen atoms in total. The number of ketones is 1. The second-order valence-corrected chi connectivity index (χ2v) is 8.25. The van der Waals surface area contributed by atoms with Crippen LogP contribution in [-0.2, 0) is 14.3 Å². The number of fused-ring (bicyclic) bond motifs is 1. The molecule has 3 aliphatic rings. The van der Waals surface area contributed by atoms with Crippen molar-refractivity contribution in [1.82, 2.24) is 9.80 Å². The van der Waals surface area contributed by atoms with Gasteiger partial charge >= 0.3 is 0 Å². The van der Waals surface area contributed by atoms with Crippen molar-refractivity contribution in [2.75, 3.05) is 52.6 Å². The van der Waals surface area contributed by atoms with Gasteiger partial charge in [-0.3, -0.25) is 14.5 Å². The number of ether oxygens (including phenoxy) is 3. The number of Topliss-reactive ketones (excluding diaryl/α,β-unsaturated/α-hetero) is 1. The summed E-state index contributed by atoms with van der Waals surface area (Å²) in [5.74, 6) is 0.498. The lowest BCUT2D eigenvalue weighted by Gasteiger charge is -2.30. The molecule has 174 valence electrons. The Morgan fingerprint density at radius 3 is 2.48 bits per heavy atom. The van der Waals surface area contributed by atoms with Crippen LogP contribution < -0.4 is 9.47 Å². The van der Waals surface area contributed by atoms with E-state index in [9.17, 15) is 14.7 Å². The summed E-state index contributed by atoms with van der Waals surface area (Å²) in [6.07, 6.45) is 0. The number of likely N-dealkylation sites (tertiary alicyclic amines) is 1. The SMILES string of the molecule is Cc1ccc(C2/C(=C(\O)c3ccc4c(c3)OCCO4)C(=O)C(=O)N2CCN2CCOCC2)o1. The van der Waals surface area contributed by atoms with Gasteiger partial charge in [0.15, 0.2) is 11.5 Å². The van der Waals surface area contributed by atoms with E-state index < -0.39 is 17.7 Å². The molecule has 0 aliphatic carbocycles. The van der Waals surface area contributed by atoms with Crippen LogP contribution in [0.3, 0.4) is 0 Å². The second-order valence-electron chi connectivity index (χ2n) is 8.25. The summed E-state index contributed by atoms with van der Waals surface area (Å²) in [5, 5.41) is 11.2. The van der Waals surface area contributed by atoms with Gasteiger partial charge in [-0.05, 0) is 37.3 Å². The Hall–Kier alpha value is -3.30. The van der Waals surface area contributed by atoms with E-state index in [1.807, 2.05) is 0 Å². The first-order chi connectivity index (χ1) is 16.0. The van der Waals surface area contributed by atoms with E-state index in [0.717, 1.165) is 13.1 Å². The summed E-state index contributed by atoms with van der Waals surface area (Å²) < 4.78 is 22.4. The number of furan rings is 1. The van der Waals surface area contributed by atoms with Crippen LogP contribution in [0, 0.1) is 6.92 Å². The predicted octanol–water partition coefficient (Wildman–Crippen LogP) is 2.11. The number of nitrogens with zero attached hydrogens (tertiary/aromatic N) is 2. The molecule has 2 fully saturated rings. The quantitative estimate of drug-likeness (QED) is 0.417. The maximum Gasteiger partial charge on any atom is 0.295 e. The fourth-order valence-corrected chi connectivity index (χ4v) is 4.43. The number of hydrogen-bond acceptors (Lipinski definition) is 8. The van der Waals surface area contributed by atoms with Crippen molar-refractivity contribution in [3.05, 3.63) is 53.0 Å². The van der Waals surface area contributed by atoms with E-state index in [1.54, 1.807) is 37.3 Å². The van der Waals surface area contributed by atoms with Gasteiger partial charge in [0.05, 0.1) is 18.8 Å². The molecule has 1 aromatic carbocycles. The third kappa shape index (κ3) is 4.09. The molecule has 1 atom stereocenters. The van der Waals surface area contributed by atoms with Crippen LogP contribution in [0.2, 0.25) is 0 Å². The zero-order valence-corrected chi connectivity index (χ0v) is 18.4. The average Bonchev–Trinajstić information content (AvgIpc) is 3.38. The topological polar surface area (TPSA) is 102 Å². The minimum Gasteiger partial charge on any atom is -0.507 e. The van der Waals surface area contributed by atoms with Crippen LogP contribution in [-0.4, -0.2) is 79.2 Å². The number of aliphatic hydroxyl groups excluding tert-OH is 1. The van der Waals surface area contributed by atoms with E-state index in [-0.39, 0.29) is 11.3 Å². The highest BCUT2D eigenvalue weighted by molar-refractivity contribution is 6.46. The Morgan fingerprint density at radius 2 is 1.76 bits per heavy atom. The summed E-state index contributed by atoms with van der Waals surface area (Å²) in [7, 11) is 0. The molecule has 0 radical (unpaired) electrons. The number of aliphatic hydroxyl groups is 1. The van der Waals surface area contributed by atoms with Gasteiger partial charge in [-0.2, -0.15) is 0 Å². The molecule has 2 saturated heterocycles. The first-order valence-electron chi connectivity index (χ1n) is 11.1. The molecule has 1 N–H and O–H groups in total. The van der Waals surface area contributed by atoms with Gasteiger partial charge in [-0.1, -0.05) is 0 Å². The number of aryl methyl sites for hydroxylation is 1. The summed E-state index contributed by atoms with van der Waals surface area (Å²) in [6, 6.07) is 7.66. The van der Waals surface area contributed by atoms with E-state index in [4.69, 9.17) is 18.6 Å². The van der Waals surface area contributed by atoms with Crippen molar-refractivity contribution in [2.24, 2.45) is 0 Å². The number of amides is 1. The molecule has 1 aromatic heterocycles. The van der Waals surface area contributed by atoms with Crippen molar-refractivity contribution in [1.29, 1.82) is 0 Å². The maximum atomic E-state index is 13.1. The number of carbonyl (C=O) groups excluding carboxylic acids is 2. The lowest BCUT2D eigenvalue weighted by atomic mass is 9.99. The minimum absolute atomic E-state index is 0.00741. The van der Waals surface area contributed by atoms with Crippen LogP contribution in [0.1, 0.15) is 23.1 Å². The van der Waals surface area contributed by atoms with E-state index in [1.165, 1.54) is 4.90 Å². The monoisotopic (exact) mass is 454 g/mol. The predicted molar refractivity (Wildman–Crippen MR) is 117 cm³/mol. The molecule has 0 bridgehead atoms. The Balaban J connectivity index is 1.51. The highest BCUT2D eigenvalue weighted by Crippen LogP contribution is 2.41. The number of rotatable bonds is 5. The molecular formula is C24H26N2O7. The fraction of sp³-hybridized carbons (Fsp3) is 0.417. The Labute approximate surface area is 191 Å². The lowest BCUT2D eigenvalue weighted by Crippen LogP contribution is -2.42. The second kappa shape index (κ2) is 8.92. The molecule has 2 aromatic rings. The first-order valence-corrected chi connectivity index (χ1v) is 11.1. The minimum atomic E-state index is -0.812. The molecule has 5 rings (SSSR count). The molecular weight excluding hydrogens is 428 g/mol. The average molecular weight is 454 g/mol. The third-order valence-electron chi connectivity index (χ3n) is 6.15. The van der Waals surface area contributed by atoms with E-state index >= 15 is 0 Å². The van der Waals surface area contributed by atoms with Crippen molar-refractivity contribution in [3.63, 3.8) is 0 Å². The van der Waals surface area contributed by atoms with Crippen LogP contribution in [0.5, 0.6) is 11.5 Å². The van der Waals surface area contributed by atoms with E-state index in [2.05, 4.69) is 4.90 Å². The van der Waals surface area contributed by atoms with Crippen molar-refractivity contribution in [2.45, 2.75) is 13.0 Å². The number of hydrogen-bond donors (Lipinski definition) is 1. The Morgan fingerprint density at radius 1 is 1.00 bits per heavy atom. The molecule has 1 unspecified atom stereocenters. The van der Waals surface area contributed by atoms with Gasteiger partial charge < -0.3 is 28.6 Å². The summed E-state index contributed by atoms with van der Waals surface area (Å²) in [6.45, 7) is 6.39. The number of carbonyl (C=O) groups is 2. The Bertz CT molecular complexity index is 1100. The highest BCUT2D eigenvalue weighted by atomic mass is 16.6. The fourth-order valence-electron chi connectivity index (χ4n) is 4.43. The number of morpholine rings is 1. The summed E-state index contributed by atoms with van der Waals surface area (Å²) in [4.78, 5) is 29.8. The molecule has 33 heavy (non-hydrogen) atoms. The van der Waals surface area contributed by atoms with Gasteiger partial charge in [0.2, 0.25) is 0 Å². The normalized spacial score (nSPS) is 22.7. The van der Waals surface area contributed by atoms with E-state index in [0.29, 0.717) is 68.1 Å². The standard InChI is InChI=1S/C24H26N2O7/c1-15-2-4-18(33-15)21-20(22(27)16-3-5-17-19(14-16)32-13-12-31-17)23(28)24(29)26(21)7-6-25-8-10-30-11-9-25/h2-5,14,21,27H,6-13H2,1H3/b22-20+. The summed E-state index contributed by atoms with van der Waals surface area (Å²) in [5.41, 5.74) is 0.381. The Kier molecular flexibility index (Phi) is 5.82. The van der Waals surface area contributed by atoms with Gasteiger partial charge in [-0.15, -0.1) is 0 Å². The smallest absolute Gasteiger partial charge is 0.295 e. The molecule has 0 saturated carbocycles. The van der Waals surface area contributed by atoms with Crippen LogP contribution in [0.4, 0.5) is 0 Å². The first kappa shape index (κ1) is 21.5. The molecule has 0 spiro atoms. The molecule has 9 heteroatoms. The number of benzene rings is 1. The van der Waals surface area contributed by atoms with Crippen molar-refractivity contribution < 1.29 is 33.3 Å². The van der Waals surface area contributed by atoms with Crippen molar-refractivity contribution >= 4 is 17.4 Å². The molecule has 4 heterocycles.